The number of aliphatic carboxylic acids is 1. The van der Waals surface area contributed by atoms with Crippen molar-refractivity contribution in [3.8, 4) is 0 Å². The smallest absolute Gasteiger partial charge is 0.320 e. The van der Waals surface area contributed by atoms with Gasteiger partial charge in [0.05, 0.1) is 25.2 Å². The summed E-state index contributed by atoms with van der Waals surface area (Å²) in [6.07, 6.45) is 0. The summed E-state index contributed by atoms with van der Waals surface area (Å²) in [4.78, 5) is 25.9. The molecule has 2 aliphatic heterocycles. The van der Waals surface area contributed by atoms with Gasteiger partial charge >= 0.3 is 12.0 Å². The molecule has 0 saturated carbocycles. The largest absolute Gasteiger partial charge is 0.481 e. The molecule has 2 rings (SSSR count). The van der Waals surface area contributed by atoms with Crippen molar-refractivity contribution in [2.75, 3.05) is 32.8 Å². The number of morpholine rings is 1. The lowest BCUT2D eigenvalue weighted by Gasteiger charge is -2.43. The third-order valence-corrected chi connectivity index (χ3v) is 3.11. The molecule has 2 fully saturated rings. The normalized spacial score (nSPS) is 26.4. The van der Waals surface area contributed by atoms with Crippen LogP contribution < -0.4 is 0 Å². The fraction of sp³-hybridized carbons (Fsp3) is 0.800. The summed E-state index contributed by atoms with van der Waals surface area (Å²) < 4.78 is 5.25. The van der Waals surface area contributed by atoms with Crippen molar-refractivity contribution in [2.45, 2.75) is 13.0 Å². The zero-order chi connectivity index (χ0) is 11.7. The van der Waals surface area contributed by atoms with Crippen LogP contribution in [-0.2, 0) is 9.53 Å². The van der Waals surface area contributed by atoms with E-state index >= 15 is 0 Å². The van der Waals surface area contributed by atoms with Gasteiger partial charge in [0.25, 0.3) is 0 Å². The Morgan fingerprint density at radius 1 is 1.38 bits per heavy atom. The lowest BCUT2D eigenvalue weighted by atomic mass is 10.0. The molecule has 0 aliphatic carbocycles. The van der Waals surface area contributed by atoms with E-state index < -0.39 is 5.97 Å². The van der Waals surface area contributed by atoms with Gasteiger partial charge in [-0.1, -0.05) is 0 Å². The number of carbonyl (C=O) groups is 2. The van der Waals surface area contributed by atoms with Crippen LogP contribution in [0.2, 0.25) is 0 Å². The van der Waals surface area contributed by atoms with Crippen molar-refractivity contribution in [1.29, 1.82) is 0 Å². The third-order valence-electron chi connectivity index (χ3n) is 3.11. The zero-order valence-electron chi connectivity index (χ0n) is 9.26. The van der Waals surface area contributed by atoms with Crippen LogP contribution in [0.25, 0.3) is 0 Å². The number of rotatable bonds is 1. The van der Waals surface area contributed by atoms with Gasteiger partial charge in [-0.05, 0) is 6.92 Å². The minimum atomic E-state index is -0.820. The summed E-state index contributed by atoms with van der Waals surface area (Å²) >= 11 is 0. The fourth-order valence-electron chi connectivity index (χ4n) is 1.98. The Morgan fingerprint density at radius 2 is 2.06 bits per heavy atom. The average molecular weight is 228 g/mol. The average Bonchev–Trinajstić information content (AvgIpc) is 2.15. The number of nitrogens with zero attached hydrogens (tertiary/aromatic N) is 2. The van der Waals surface area contributed by atoms with Crippen LogP contribution in [0.15, 0.2) is 0 Å². The van der Waals surface area contributed by atoms with Gasteiger partial charge in [0, 0.05) is 19.6 Å². The number of hydrogen-bond acceptors (Lipinski definition) is 3. The Balaban J connectivity index is 1.86. The molecular formula is C10H16N2O4. The topological polar surface area (TPSA) is 70.1 Å². The maximum absolute atomic E-state index is 12.0. The molecule has 16 heavy (non-hydrogen) atoms. The van der Waals surface area contributed by atoms with Crippen LogP contribution in [0.4, 0.5) is 4.79 Å². The van der Waals surface area contributed by atoms with E-state index in [-0.39, 0.29) is 18.0 Å². The molecule has 0 radical (unpaired) electrons. The number of likely N-dealkylation sites (tertiary alicyclic amines) is 1. The number of carboxylic acids is 1. The highest BCUT2D eigenvalue weighted by Gasteiger charge is 2.39. The van der Waals surface area contributed by atoms with E-state index in [0.717, 1.165) is 0 Å². The molecule has 6 heteroatoms. The predicted octanol–water partition coefficient (Wildman–Crippen LogP) is -0.156. The first-order valence-electron chi connectivity index (χ1n) is 5.45. The Labute approximate surface area is 93.8 Å². The van der Waals surface area contributed by atoms with E-state index in [2.05, 4.69) is 0 Å². The van der Waals surface area contributed by atoms with Gasteiger partial charge < -0.3 is 19.6 Å². The summed E-state index contributed by atoms with van der Waals surface area (Å²) in [6, 6.07) is 0.0124. The number of amides is 2. The van der Waals surface area contributed by atoms with Crippen molar-refractivity contribution >= 4 is 12.0 Å². The molecule has 2 aliphatic rings. The molecule has 0 aromatic carbocycles. The summed E-state index contributed by atoms with van der Waals surface area (Å²) in [5, 5.41) is 8.72. The molecule has 2 heterocycles. The van der Waals surface area contributed by atoms with Crippen molar-refractivity contribution in [3.05, 3.63) is 0 Å². The highest BCUT2D eigenvalue weighted by atomic mass is 16.5. The molecular weight excluding hydrogens is 212 g/mol. The SMILES string of the molecule is CC1COCCN1C(=O)N1CC(C(=O)O)C1. The van der Waals surface area contributed by atoms with Crippen LogP contribution in [0, 0.1) is 5.92 Å². The molecule has 2 amide bonds. The van der Waals surface area contributed by atoms with Crippen molar-refractivity contribution in [3.63, 3.8) is 0 Å². The summed E-state index contributed by atoms with van der Waals surface area (Å²) in [5.41, 5.74) is 0. The second-order valence-corrected chi connectivity index (χ2v) is 4.34. The van der Waals surface area contributed by atoms with Crippen LogP contribution in [-0.4, -0.2) is 65.8 Å². The zero-order valence-corrected chi connectivity index (χ0v) is 9.26. The van der Waals surface area contributed by atoms with Gasteiger partial charge in [0.2, 0.25) is 0 Å². The first kappa shape index (κ1) is 11.2. The minimum absolute atomic E-state index is 0.0618. The highest BCUT2D eigenvalue weighted by Crippen LogP contribution is 2.19. The van der Waals surface area contributed by atoms with Crippen LogP contribution in [0.3, 0.4) is 0 Å². The van der Waals surface area contributed by atoms with Gasteiger partial charge in [0.1, 0.15) is 0 Å². The maximum Gasteiger partial charge on any atom is 0.320 e. The third kappa shape index (κ3) is 1.97. The van der Waals surface area contributed by atoms with Crippen molar-refractivity contribution < 1.29 is 19.4 Å². The van der Waals surface area contributed by atoms with E-state index in [1.165, 1.54) is 0 Å². The van der Waals surface area contributed by atoms with Crippen molar-refractivity contribution in [2.24, 2.45) is 5.92 Å². The summed E-state index contributed by atoms with van der Waals surface area (Å²) in [7, 11) is 0. The van der Waals surface area contributed by atoms with Gasteiger partial charge in [0.15, 0.2) is 0 Å². The summed E-state index contributed by atoms with van der Waals surface area (Å²) in [6.45, 7) is 4.31. The Kier molecular flexibility index (Phi) is 3.00. The van der Waals surface area contributed by atoms with Crippen molar-refractivity contribution in [1.82, 2.24) is 9.80 Å². The van der Waals surface area contributed by atoms with Gasteiger partial charge in [-0.25, -0.2) is 4.79 Å². The van der Waals surface area contributed by atoms with E-state index in [0.29, 0.717) is 32.8 Å². The van der Waals surface area contributed by atoms with Crippen LogP contribution in [0.5, 0.6) is 0 Å². The molecule has 0 spiro atoms. The maximum atomic E-state index is 12.0. The van der Waals surface area contributed by atoms with E-state index in [4.69, 9.17) is 9.84 Å². The van der Waals surface area contributed by atoms with Gasteiger partial charge in [-0.3, -0.25) is 4.79 Å². The first-order chi connectivity index (χ1) is 7.59. The molecule has 0 bridgehead atoms. The molecule has 0 aromatic rings. The van der Waals surface area contributed by atoms with Crippen LogP contribution in [0.1, 0.15) is 6.92 Å². The van der Waals surface area contributed by atoms with E-state index in [9.17, 15) is 9.59 Å². The number of carbonyl (C=O) groups excluding carboxylic acids is 1. The molecule has 90 valence electrons. The minimum Gasteiger partial charge on any atom is -0.481 e. The van der Waals surface area contributed by atoms with Gasteiger partial charge in [-0.15, -0.1) is 0 Å². The monoisotopic (exact) mass is 228 g/mol. The molecule has 6 nitrogen and oxygen atoms in total. The van der Waals surface area contributed by atoms with E-state index in [1.807, 2.05) is 6.92 Å². The highest BCUT2D eigenvalue weighted by molar-refractivity contribution is 5.80. The number of hydrogen-bond donors (Lipinski definition) is 1. The Morgan fingerprint density at radius 3 is 2.62 bits per heavy atom. The molecule has 1 N–H and O–H groups in total. The lowest BCUT2D eigenvalue weighted by molar-refractivity contribution is -0.146. The molecule has 0 aromatic heterocycles. The number of urea groups is 1. The number of carboxylic acid groups (broad SMARTS) is 1. The quantitative estimate of drug-likeness (QED) is 0.677. The fourth-order valence-corrected chi connectivity index (χ4v) is 1.98. The van der Waals surface area contributed by atoms with Crippen LogP contribution >= 0.6 is 0 Å². The Hall–Kier alpha value is -1.30. The molecule has 1 unspecified atom stereocenters. The predicted molar refractivity (Wildman–Crippen MR) is 55.1 cm³/mol. The molecule has 2 saturated heterocycles. The second-order valence-electron chi connectivity index (χ2n) is 4.34. The summed E-state index contributed by atoms with van der Waals surface area (Å²) in [5.74, 6) is -1.21. The first-order valence-corrected chi connectivity index (χ1v) is 5.45. The lowest BCUT2D eigenvalue weighted by Crippen LogP contribution is -2.60. The van der Waals surface area contributed by atoms with Gasteiger partial charge in [-0.2, -0.15) is 0 Å². The second kappa shape index (κ2) is 4.29. The standard InChI is InChI=1S/C10H16N2O4/c1-7-6-16-3-2-12(7)10(15)11-4-8(5-11)9(13)14/h7-8H,2-6H2,1H3,(H,13,14). The molecule has 1 atom stereocenters. The Bertz CT molecular complexity index is 301. The number of ether oxygens (including phenoxy) is 1. The van der Waals surface area contributed by atoms with E-state index in [1.54, 1.807) is 9.80 Å².